The molecule has 4 rings (SSSR count). The van der Waals surface area contributed by atoms with E-state index in [-0.39, 0.29) is 23.6 Å². The molecule has 1 aliphatic rings. The molecule has 1 aliphatic heterocycles. The van der Waals surface area contributed by atoms with Gasteiger partial charge in [0.1, 0.15) is 0 Å². The molecule has 2 N–H and O–H groups in total. The molecule has 9 heteroatoms. The number of piperidine rings is 1. The number of nitrogens with one attached hydrogen (secondary N) is 2. The van der Waals surface area contributed by atoms with Crippen molar-refractivity contribution in [2.45, 2.75) is 18.9 Å². The molecular formula is C19H16Cl2N4O2S. The van der Waals surface area contributed by atoms with E-state index in [2.05, 4.69) is 15.7 Å². The smallest absolute Gasteiger partial charge is 0.272 e. The van der Waals surface area contributed by atoms with E-state index in [1.807, 2.05) is 17.5 Å². The lowest BCUT2D eigenvalue weighted by Crippen LogP contribution is -2.47. The number of hydrogen-bond acceptors (Lipinski definition) is 4. The molecule has 3 heterocycles. The predicted molar refractivity (Wildman–Crippen MR) is 110 cm³/mol. The van der Waals surface area contributed by atoms with Crippen molar-refractivity contribution in [2.75, 3.05) is 6.54 Å². The summed E-state index contributed by atoms with van der Waals surface area (Å²) < 4.78 is 1.67. The first-order valence-electron chi connectivity index (χ1n) is 8.67. The van der Waals surface area contributed by atoms with Crippen LogP contribution in [0.25, 0.3) is 16.3 Å². The van der Waals surface area contributed by atoms with Gasteiger partial charge in [-0.15, -0.1) is 11.3 Å². The van der Waals surface area contributed by atoms with E-state index < -0.39 is 0 Å². The maximum atomic E-state index is 12.7. The highest BCUT2D eigenvalue weighted by Gasteiger charge is 2.23. The highest BCUT2D eigenvalue weighted by molar-refractivity contribution is 7.13. The van der Waals surface area contributed by atoms with Crippen molar-refractivity contribution in [3.8, 4) is 16.3 Å². The Morgan fingerprint density at radius 2 is 2.04 bits per heavy atom. The minimum Gasteiger partial charge on any atom is -0.354 e. The Balaban J connectivity index is 1.67. The lowest BCUT2D eigenvalue weighted by molar-refractivity contribution is -0.122. The van der Waals surface area contributed by atoms with Crippen molar-refractivity contribution in [3.63, 3.8) is 0 Å². The fraction of sp³-hybridized carbons (Fsp3) is 0.211. The van der Waals surface area contributed by atoms with E-state index in [0.29, 0.717) is 35.1 Å². The lowest BCUT2D eigenvalue weighted by Gasteiger charge is -2.22. The molecular weight excluding hydrogens is 419 g/mol. The number of thiophene rings is 1. The van der Waals surface area contributed by atoms with E-state index in [0.717, 1.165) is 10.6 Å². The summed E-state index contributed by atoms with van der Waals surface area (Å²) in [7, 11) is 0. The minimum atomic E-state index is -0.286. The Morgan fingerprint density at radius 3 is 2.68 bits per heavy atom. The number of carbonyl (C=O) groups is 2. The van der Waals surface area contributed by atoms with E-state index in [4.69, 9.17) is 23.2 Å². The standard InChI is InChI=1S/C19H16Cl2N4O2S/c20-11-6-12(21)8-14(7-11)25-16(17-2-1-5-28-17)9-15(24-25)19(27)23-13-3-4-18(26)22-10-13/h1-2,5-9,13H,3-4,10H2,(H,22,26)(H,23,27). The summed E-state index contributed by atoms with van der Waals surface area (Å²) in [5.74, 6) is -0.279. The van der Waals surface area contributed by atoms with Crippen molar-refractivity contribution in [3.05, 3.63) is 57.5 Å². The van der Waals surface area contributed by atoms with Gasteiger partial charge >= 0.3 is 0 Å². The zero-order valence-corrected chi connectivity index (χ0v) is 16.9. The van der Waals surface area contributed by atoms with Gasteiger partial charge in [-0.3, -0.25) is 9.59 Å². The monoisotopic (exact) mass is 434 g/mol. The Bertz CT molecular complexity index is 1000. The molecule has 144 valence electrons. The number of nitrogens with zero attached hydrogens (tertiary/aromatic N) is 2. The van der Waals surface area contributed by atoms with Gasteiger partial charge in [-0.05, 0) is 42.1 Å². The molecule has 1 unspecified atom stereocenters. The molecule has 0 spiro atoms. The summed E-state index contributed by atoms with van der Waals surface area (Å²) >= 11 is 13.8. The summed E-state index contributed by atoms with van der Waals surface area (Å²) in [6.07, 6.45) is 1.01. The van der Waals surface area contributed by atoms with E-state index in [1.165, 1.54) is 0 Å². The molecule has 2 aromatic heterocycles. The fourth-order valence-corrected chi connectivity index (χ4v) is 4.31. The number of amides is 2. The average Bonchev–Trinajstić information content (AvgIpc) is 3.32. The predicted octanol–water partition coefficient (Wildman–Crippen LogP) is 3.92. The Kier molecular flexibility index (Phi) is 5.39. The van der Waals surface area contributed by atoms with Crippen LogP contribution in [0.15, 0.2) is 41.8 Å². The molecule has 1 aromatic carbocycles. The highest BCUT2D eigenvalue weighted by atomic mass is 35.5. The van der Waals surface area contributed by atoms with Crippen LogP contribution in [0.2, 0.25) is 10.0 Å². The first kappa shape index (κ1) is 19.0. The molecule has 0 bridgehead atoms. The van der Waals surface area contributed by atoms with Gasteiger partial charge in [-0.25, -0.2) is 4.68 Å². The van der Waals surface area contributed by atoms with Crippen LogP contribution in [0.5, 0.6) is 0 Å². The number of halogens is 2. The SMILES string of the molecule is O=C1CCC(NC(=O)c2cc(-c3cccs3)n(-c3cc(Cl)cc(Cl)c3)n2)CN1. The normalized spacial score (nSPS) is 16.6. The van der Waals surface area contributed by atoms with E-state index in [9.17, 15) is 9.59 Å². The second kappa shape index (κ2) is 7.95. The number of hydrogen-bond donors (Lipinski definition) is 2. The number of aromatic nitrogens is 2. The Labute approximate surface area is 175 Å². The van der Waals surface area contributed by atoms with Crippen molar-refractivity contribution >= 4 is 46.4 Å². The maximum Gasteiger partial charge on any atom is 0.272 e. The molecule has 6 nitrogen and oxygen atoms in total. The van der Waals surface area contributed by atoms with Crippen LogP contribution >= 0.6 is 34.5 Å². The van der Waals surface area contributed by atoms with Crippen LogP contribution < -0.4 is 10.6 Å². The number of benzene rings is 1. The summed E-state index contributed by atoms with van der Waals surface area (Å²) in [5.41, 5.74) is 1.73. The number of carbonyl (C=O) groups excluding carboxylic acids is 2. The van der Waals surface area contributed by atoms with Gasteiger partial charge in [0.15, 0.2) is 5.69 Å². The fourth-order valence-electron chi connectivity index (χ4n) is 3.07. The molecule has 0 aliphatic carbocycles. The van der Waals surface area contributed by atoms with Gasteiger partial charge in [0.05, 0.1) is 16.3 Å². The zero-order valence-electron chi connectivity index (χ0n) is 14.6. The van der Waals surface area contributed by atoms with Crippen LogP contribution in [0.1, 0.15) is 23.3 Å². The van der Waals surface area contributed by atoms with Crippen LogP contribution in [0.3, 0.4) is 0 Å². The van der Waals surface area contributed by atoms with Crippen LogP contribution in [-0.4, -0.2) is 34.2 Å². The van der Waals surface area contributed by atoms with Gasteiger partial charge in [0, 0.05) is 29.1 Å². The largest absolute Gasteiger partial charge is 0.354 e. The molecule has 0 radical (unpaired) electrons. The second-order valence-corrected chi connectivity index (χ2v) is 8.27. The Morgan fingerprint density at radius 1 is 1.25 bits per heavy atom. The Hall–Kier alpha value is -2.35. The lowest BCUT2D eigenvalue weighted by atomic mass is 10.1. The van der Waals surface area contributed by atoms with Crippen molar-refractivity contribution in [1.82, 2.24) is 20.4 Å². The quantitative estimate of drug-likeness (QED) is 0.653. The van der Waals surface area contributed by atoms with Gasteiger partial charge < -0.3 is 10.6 Å². The molecule has 3 aromatic rings. The summed E-state index contributed by atoms with van der Waals surface area (Å²) in [6.45, 7) is 0.424. The molecule has 28 heavy (non-hydrogen) atoms. The van der Waals surface area contributed by atoms with Crippen molar-refractivity contribution in [2.24, 2.45) is 0 Å². The van der Waals surface area contributed by atoms with E-state index >= 15 is 0 Å². The summed E-state index contributed by atoms with van der Waals surface area (Å²) in [4.78, 5) is 25.0. The molecule has 0 saturated carbocycles. The summed E-state index contributed by atoms with van der Waals surface area (Å²) in [6, 6.07) is 10.7. The first-order valence-corrected chi connectivity index (χ1v) is 10.3. The van der Waals surface area contributed by atoms with Gasteiger partial charge in [-0.1, -0.05) is 29.3 Å². The molecule has 1 atom stereocenters. The molecule has 2 amide bonds. The van der Waals surface area contributed by atoms with Crippen LogP contribution in [-0.2, 0) is 4.79 Å². The molecule has 1 fully saturated rings. The second-order valence-electron chi connectivity index (χ2n) is 6.44. The molecule has 1 saturated heterocycles. The van der Waals surface area contributed by atoms with Gasteiger partial charge in [-0.2, -0.15) is 5.10 Å². The van der Waals surface area contributed by atoms with Crippen molar-refractivity contribution < 1.29 is 9.59 Å². The van der Waals surface area contributed by atoms with Crippen LogP contribution in [0.4, 0.5) is 0 Å². The van der Waals surface area contributed by atoms with Crippen molar-refractivity contribution in [1.29, 1.82) is 0 Å². The number of rotatable bonds is 4. The topological polar surface area (TPSA) is 76.0 Å². The third-order valence-electron chi connectivity index (χ3n) is 4.41. The van der Waals surface area contributed by atoms with Crippen LogP contribution in [0, 0.1) is 0 Å². The zero-order chi connectivity index (χ0) is 19.7. The third-order valence-corrected chi connectivity index (χ3v) is 5.74. The minimum absolute atomic E-state index is 0.00703. The van der Waals surface area contributed by atoms with E-state index in [1.54, 1.807) is 40.3 Å². The first-order chi connectivity index (χ1) is 13.5. The third kappa shape index (κ3) is 4.06. The average molecular weight is 435 g/mol. The highest BCUT2D eigenvalue weighted by Crippen LogP contribution is 2.30. The summed E-state index contributed by atoms with van der Waals surface area (Å²) in [5, 5.41) is 13.1. The van der Waals surface area contributed by atoms with Gasteiger partial charge in [0.2, 0.25) is 5.91 Å². The van der Waals surface area contributed by atoms with Gasteiger partial charge in [0.25, 0.3) is 5.91 Å². The maximum absolute atomic E-state index is 12.7.